The van der Waals surface area contributed by atoms with E-state index in [9.17, 15) is 10.2 Å². The topological polar surface area (TPSA) is 40.5 Å². The van der Waals surface area contributed by atoms with Gasteiger partial charge < -0.3 is 10.2 Å². The predicted molar refractivity (Wildman–Crippen MR) is 52.7 cm³/mol. The van der Waals surface area contributed by atoms with Crippen LogP contribution in [0.5, 0.6) is 0 Å². The number of halogens is 1. The second-order valence-electron chi connectivity index (χ2n) is 3.17. The number of hydrogen-bond donors (Lipinski definition) is 2. The van der Waals surface area contributed by atoms with Crippen LogP contribution >= 0.6 is 11.6 Å². The zero-order valence-corrected chi connectivity index (χ0v) is 8.42. The molecular weight excluding hydrogens is 188 g/mol. The third kappa shape index (κ3) is 2.69. The van der Waals surface area contributed by atoms with Crippen LogP contribution in [0.4, 0.5) is 0 Å². The summed E-state index contributed by atoms with van der Waals surface area (Å²) in [5.74, 6) is 0. The Morgan fingerprint density at radius 3 is 1.69 bits per heavy atom. The van der Waals surface area contributed by atoms with E-state index in [1.54, 1.807) is 32.0 Å². The van der Waals surface area contributed by atoms with E-state index >= 15 is 0 Å². The van der Waals surface area contributed by atoms with Crippen molar-refractivity contribution in [2.24, 2.45) is 0 Å². The van der Waals surface area contributed by atoms with Gasteiger partial charge in [-0.15, -0.1) is 0 Å². The van der Waals surface area contributed by atoms with Gasteiger partial charge in [0.2, 0.25) is 0 Å². The molecule has 0 saturated heterocycles. The van der Waals surface area contributed by atoms with Gasteiger partial charge in [0.15, 0.2) is 0 Å². The summed E-state index contributed by atoms with van der Waals surface area (Å²) in [6.45, 7) is 3.33. The molecule has 2 nitrogen and oxygen atoms in total. The lowest BCUT2D eigenvalue weighted by atomic mass is 10.0. The van der Waals surface area contributed by atoms with Crippen molar-refractivity contribution < 1.29 is 10.2 Å². The lowest BCUT2D eigenvalue weighted by Gasteiger charge is -2.10. The molecule has 1 aromatic carbocycles. The maximum absolute atomic E-state index is 9.31. The third-order valence-electron chi connectivity index (χ3n) is 1.91. The molecule has 0 spiro atoms. The minimum absolute atomic E-state index is 0.536. The first-order valence-electron chi connectivity index (χ1n) is 4.17. The first-order chi connectivity index (χ1) is 6.00. The lowest BCUT2D eigenvalue weighted by molar-refractivity contribution is 0.192. The minimum Gasteiger partial charge on any atom is -0.389 e. The van der Waals surface area contributed by atoms with E-state index in [4.69, 9.17) is 11.6 Å². The average molecular weight is 201 g/mol. The van der Waals surface area contributed by atoms with Crippen molar-refractivity contribution in [1.29, 1.82) is 0 Å². The van der Waals surface area contributed by atoms with Gasteiger partial charge in [-0.1, -0.05) is 17.7 Å². The summed E-state index contributed by atoms with van der Waals surface area (Å²) >= 11 is 5.82. The number of aliphatic hydroxyl groups is 2. The number of hydrogen-bond acceptors (Lipinski definition) is 2. The maximum Gasteiger partial charge on any atom is 0.0762 e. The smallest absolute Gasteiger partial charge is 0.0762 e. The Kier molecular flexibility index (Phi) is 3.31. The molecule has 13 heavy (non-hydrogen) atoms. The van der Waals surface area contributed by atoms with Crippen LogP contribution in [0.2, 0.25) is 5.02 Å². The quantitative estimate of drug-likeness (QED) is 0.770. The highest BCUT2D eigenvalue weighted by atomic mass is 35.5. The number of benzene rings is 1. The summed E-state index contributed by atoms with van der Waals surface area (Å²) in [5, 5.41) is 19.2. The Balaban J connectivity index is 3.11. The van der Waals surface area contributed by atoms with Crippen molar-refractivity contribution in [3.63, 3.8) is 0 Å². The third-order valence-corrected chi connectivity index (χ3v) is 2.13. The van der Waals surface area contributed by atoms with Gasteiger partial charge in [0.25, 0.3) is 0 Å². The van der Waals surface area contributed by atoms with E-state index in [0.717, 1.165) is 11.1 Å². The van der Waals surface area contributed by atoms with Crippen LogP contribution in [0.1, 0.15) is 37.2 Å². The summed E-state index contributed by atoms with van der Waals surface area (Å²) in [7, 11) is 0. The highest BCUT2D eigenvalue weighted by Gasteiger charge is 2.07. The number of rotatable bonds is 2. The zero-order chi connectivity index (χ0) is 10.0. The molecule has 0 radical (unpaired) electrons. The molecule has 2 atom stereocenters. The Labute approximate surface area is 82.8 Å². The highest BCUT2D eigenvalue weighted by Crippen LogP contribution is 2.23. The normalized spacial score (nSPS) is 15.5. The predicted octanol–water partition coefficient (Wildman–Crippen LogP) is 2.45. The molecule has 0 heterocycles. The van der Waals surface area contributed by atoms with Crippen LogP contribution in [0, 0.1) is 0 Å². The Hall–Kier alpha value is -0.570. The van der Waals surface area contributed by atoms with Gasteiger partial charge in [-0.05, 0) is 37.1 Å². The first-order valence-corrected chi connectivity index (χ1v) is 4.55. The summed E-state index contributed by atoms with van der Waals surface area (Å²) in [5.41, 5.74) is 1.45. The molecule has 3 heteroatoms. The standard InChI is InChI=1S/C10H13ClO2/c1-6(12)8-3-9(7(2)13)5-10(11)4-8/h3-7,12-13H,1-2H3. The molecule has 0 aliphatic rings. The molecule has 0 aliphatic heterocycles. The molecule has 0 saturated carbocycles. The molecule has 0 bridgehead atoms. The zero-order valence-electron chi connectivity index (χ0n) is 7.66. The van der Waals surface area contributed by atoms with Gasteiger partial charge in [-0.25, -0.2) is 0 Å². The van der Waals surface area contributed by atoms with Crippen molar-refractivity contribution in [3.8, 4) is 0 Å². The van der Waals surface area contributed by atoms with Crippen LogP contribution in [0.3, 0.4) is 0 Å². The molecular formula is C10H13ClO2. The van der Waals surface area contributed by atoms with Crippen LogP contribution in [-0.4, -0.2) is 10.2 Å². The van der Waals surface area contributed by atoms with Gasteiger partial charge in [0.1, 0.15) is 0 Å². The van der Waals surface area contributed by atoms with Crippen LogP contribution in [-0.2, 0) is 0 Å². The van der Waals surface area contributed by atoms with Gasteiger partial charge in [-0.2, -0.15) is 0 Å². The van der Waals surface area contributed by atoms with Gasteiger partial charge in [0.05, 0.1) is 12.2 Å². The van der Waals surface area contributed by atoms with E-state index in [1.807, 2.05) is 0 Å². The SMILES string of the molecule is CC(O)c1cc(Cl)cc(C(C)O)c1. The fourth-order valence-electron chi connectivity index (χ4n) is 1.12. The molecule has 0 fully saturated rings. The summed E-state index contributed by atoms with van der Waals surface area (Å²) in [4.78, 5) is 0. The Morgan fingerprint density at radius 2 is 1.38 bits per heavy atom. The van der Waals surface area contributed by atoms with Crippen molar-refractivity contribution in [1.82, 2.24) is 0 Å². The average Bonchev–Trinajstić information content (AvgIpc) is 2.03. The van der Waals surface area contributed by atoms with E-state index in [-0.39, 0.29) is 0 Å². The van der Waals surface area contributed by atoms with Gasteiger partial charge >= 0.3 is 0 Å². The molecule has 1 rings (SSSR count). The molecule has 72 valence electrons. The monoisotopic (exact) mass is 200 g/mol. The van der Waals surface area contributed by atoms with Crippen LogP contribution in [0.25, 0.3) is 0 Å². The van der Waals surface area contributed by atoms with E-state index < -0.39 is 12.2 Å². The Bertz CT molecular complexity index is 269. The van der Waals surface area contributed by atoms with E-state index in [1.165, 1.54) is 0 Å². The van der Waals surface area contributed by atoms with Gasteiger partial charge in [0, 0.05) is 5.02 Å². The molecule has 1 aromatic rings. The largest absolute Gasteiger partial charge is 0.389 e. The summed E-state index contributed by atoms with van der Waals surface area (Å²) in [6, 6.07) is 5.14. The molecule has 2 unspecified atom stereocenters. The number of aliphatic hydroxyl groups excluding tert-OH is 2. The van der Waals surface area contributed by atoms with Crippen molar-refractivity contribution >= 4 is 11.6 Å². The van der Waals surface area contributed by atoms with Crippen molar-refractivity contribution in [2.75, 3.05) is 0 Å². The van der Waals surface area contributed by atoms with E-state index in [0.29, 0.717) is 5.02 Å². The highest BCUT2D eigenvalue weighted by molar-refractivity contribution is 6.30. The molecule has 0 amide bonds. The fraction of sp³-hybridized carbons (Fsp3) is 0.400. The van der Waals surface area contributed by atoms with Gasteiger partial charge in [-0.3, -0.25) is 0 Å². The fourth-order valence-corrected chi connectivity index (χ4v) is 1.37. The second-order valence-corrected chi connectivity index (χ2v) is 3.61. The van der Waals surface area contributed by atoms with E-state index in [2.05, 4.69) is 0 Å². The lowest BCUT2D eigenvalue weighted by Crippen LogP contribution is -1.96. The maximum atomic E-state index is 9.31. The van der Waals surface area contributed by atoms with Crippen molar-refractivity contribution in [3.05, 3.63) is 34.3 Å². The second kappa shape index (κ2) is 4.09. The first kappa shape index (κ1) is 10.5. The van der Waals surface area contributed by atoms with Crippen molar-refractivity contribution in [2.45, 2.75) is 26.1 Å². The molecule has 0 aliphatic carbocycles. The summed E-state index contributed by atoms with van der Waals surface area (Å²) in [6.07, 6.45) is -1.12. The summed E-state index contributed by atoms with van der Waals surface area (Å²) < 4.78 is 0. The van der Waals surface area contributed by atoms with Crippen LogP contribution < -0.4 is 0 Å². The van der Waals surface area contributed by atoms with Crippen LogP contribution in [0.15, 0.2) is 18.2 Å². The molecule has 0 aromatic heterocycles. The molecule has 2 N–H and O–H groups in total. The Morgan fingerprint density at radius 1 is 1.00 bits per heavy atom. The minimum atomic E-state index is -0.559.